The van der Waals surface area contributed by atoms with Crippen LogP contribution in [0.15, 0.2) is 0 Å². The summed E-state index contributed by atoms with van der Waals surface area (Å²) in [5.41, 5.74) is 0. The van der Waals surface area contributed by atoms with Crippen LogP contribution in [0.1, 0.15) is 52.4 Å². The molecule has 0 aliphatic heterocycles. The molecule has 1 fully saturated rings. The summed E-state index contributed by atoms with van der Waals surface area (Å²) in [6, 6.07) is 0.678. The van der Waals surface area contributed by atoms with Crippen molar-refractivity contribution in [1.29, 1.82) is 0 Å². The largest absolute Gasteiger partial charge is 0.395 e. The van der Waals surface area contributed by atoms with Gasteiger partial charge in [0.1, 0.15) is 0 Å². The lowest BCUT2D eigenvalue weighted by Gasteiger charge is -2.40. The SMILES string of the molecule is CCC1CCCCCC(C)C1N(C)CCO. The average molecular weight is 227 g/mol. The molecule has 3 atom stereocenters. The van der Waals surface area contributed by atoms with E-state index in [1.807, 2.05) is 0 Å². The first-order chi connectivity index (χ1) is 7.70. The van der Waals surface area contributed by atoms with Gasteiger partial charge in [0.15, 0.2) is 0 Å². The Morgan fingerprint density at radius 1 is 1.19 bits per heavy atom. The second kappa shape index (κ2) is 7.29. The standard InChI is InChI=1S/C14H29NO/c1-4-13-9-7-5-6-8-12(2)14(13)15(3)10-11-16/h12-14,16H,4-11H2,1-3H3. The minimum absolute atomic E-state index is 0.288. The summed E-state index contributed by atoms with van der Waals surface area (Å²) >= 11 is 0. The topological polar surface area (TPSA) is 23.5 Å². The van der Waals surface area contributed by atoms with E-state index in [0.717, 1.165) is 18.4 Å². The van der Waals surface area contributed by atoms with E-state index in [1.54, 1.807) is 0 Å². The smallest absolute Gasteiger partial charge is 0.0558 e. The molecule has 2 heteroatoms. The van der Waals surface area contributed by atoms with Gasteiger partial charge in [0.05, 0.1) is 6.61 Å². The maximum absolute atomic E-state index is 9.10. The number of likely N-dealkylation sites (N-methyl/N-ethyl adjacent to an activating group) is 1. The third kappa shape index (κ3) is 3.74. The first-order valence-corrected chi connectivity index (χ1v) is 7.01. The molecule has 0 amide bonds. The van der Waals surface area contributed by atoms with E-state index in [9.17, 15) is 0 Å². The lowest BCUT2D eigenvalue weighted by atomic mass is 9.78. The molecule has 0 aromatic rings. The van der Waals surface area contributed by atoms with Crippen LogP contribution in [0.5, 0.6) is 0 Å². The van der Waals surface area contributed by atoms with Gasteiger partial charge in [-0.05, 0) is 31.7 Å². The number of aliphatic hydroxyl groups excluding tert-OH is 1. The van der Waals surface area contributed by atoms with Gasteiger partial charge in [0.25, 0.3) is 0 Å². The van der Waals surface area contributed by atoms with Gasteiger partial charge < -0.3 is 10.0 Å². The highest BCUT2D eigenvalue weighted by atomic mass is 16.3. The van der Waals surface area contributed by atoms with Crippen LogP contribution in [-0.4, -0.2) is 36.2 Å². The quantitative estimate of drug-likeness (QED) is 0.798. The van der Waals surface area contributed by atoms with Crippen molar-refractivity contribution < 1.29 is 5.11 Å². The van der Waals surface area contributed by atoms with Crippen molar-refractivity contribution in [2.45, 2.75) is 58.4 Å². The predicted octanol–water partition coefficient (Wildman–Crippen LogP) is 2.91. The molecule has 0 radical (unpaired) electrons. The molecule has 1 N–H and O–H groups in total. The Morgan fingerprint density at radius 3 is 2.50 bits per heavy atom. The van der Waals surface area contributed by atoms with Crippen LogP contribution in [0.2, 0.25) is 0 Å². The van der Waals surface area contributed by atoms with Gasteiger partial charge in [-0.25, -0.2) is 0 Å². The molecule has 1 aliphatic rings. The molecule has 0 aromatic carbocycles. The summed E-state index contributed by atoms with van der Waals surface area (Å²) in [4.78, 5) is 2.39. The predicted molar refractivity (Wildman–Crippen MR) is 69.5 cm³/mol. The minimum Gasteiger partial charge on any atom is -0.395 e. The van der Waals surface area contributed by atoms with Crippen LogP contribution < -0.4 is 0 Å². The first-order valence-electron chi connectivity index (χ1n) is 7.01. The van der Waals surface area contributed by atoms with Crippen molar-refractivity contribution in [1.82, 2.24) is 4.90 Å². The Morgan fingerprint density at radius 2 is 1.88 bits per heavy atom. The Balaban J connectivity index is 2.67. The lowest BCUT2D eigenvalue weighted by molar-refractivity contribution is 0.0815. The Labute approximate surface area is 101 Å². The maximum Gasteiger partial charge on any atom is 0.0558 e. The van der Waals surface area contributed by atoms with E-state index in [2.05, 4.69) is 25.8 Å². The highest BCUT2D eigenvalue weighted by Crippen LogP contribution is 2.31. The zero-order valence-electron chi connectivity index (χ0n) is 11.3. The third-order valence-electron chi connectivity index (χ3n) is 4.29. The molecule has 96 valence electrons. The number of nitrogens with zero attached hydrogens (tertiary/aromatic N) is 1. The molecule has 0 saturated heterocycles. The number of hydrogen-bond acceptors (Lipinski definition) is 2. The summed E-state index contributed by atoms with van der Waals surface area (Å²) in [7, 11) is 2.18. The maximum atomic E-state index is 9.10. The van der Waals surface area contributed by atoms with E-state index in [-0.39, 0.29) is 6.61 Å². The van der Waals surface area contributed by atoms with E-state index in [1.165, 1.54) is 38.5 Å². The summed E-state index contributed by atoms with van der Waals surface area (Å²) in [6.45, 7) is 5.83. The van der Waals surface area contributed by atoms with Gasteiger partial charge in [0.2, 0.25) is 0 Å². The lowest BCUT2D eigenvalue weighted by Crippen LogP contribution is -2.44. The molecule has 0 aromatic heterocycles. The van der Waals surface area contributed by atoms with Gasteiger partial charge in [0, 0.05) is 12.6 Å². The van der Waals surface area contributed by atoms with E-state index in [4.69, 9.17) is 5.11 Å². The average Bonchev–Trinajstić information content (AvgIpc) is 2.23. The van der Waals surface area contributed by atoms with Crippen molar-refractivity contribution in [3.05, 3.63) is 0 Å². The van der Waals surface area contributed by atoms with Crippen LogP contribution in [0.4, 0.5) is 0 Å². The minimum atomic E-state index is 0.288. The molecule has 1 rings (SSSR count). The van der Waals surface area contributed by atoms with Crippen molar-refractivity contribution in [2.75, 3.05) is 20.2 Å². The fourth-order valence-corrected chi connectivity index (χ4v) is 3.40. The van der Waals surface area contributed by atoms with Gasteiger partial charge in [-0.2, -0.15) is 0 Å². The zero-order valence-corrected chi connectivity index (χ0v) is 11.3. The normalized spacial score (nSPS) is 32.4. The molecule has 0 heterocycles. The van der Waals surface area contributed by atoms with E-state index in [0.29, 0.717) is 6.04 Å². The molecule has 1 saturated carbocycles. The highest BCUT2D eigenvalue weighted by Gasteiger charge is 2.29. The fourth-order valence-electron chi connectivity index (χ4n) is 3.40. The van der Waals surface area contributed by atoms with Crippen LogP contribution in [0, 0.1) is 11.8 Å². The van der Waals surface area contributed by atoms with Crippen LogP contribution in [-0.2, 0) is 0 Å². The molecular formula is C14H29NO. The van der Waals surface area contributed by atoms with Gasteiger partial charge in [-0.15, -0.1) is 0 Å². The van der Waals surface area contributed by atoms with Gasteiger partial charge in [-0.3, -0.25) is 0 Å². The monoisotopic (exact) mass is 227 g/mol. The van der Waals surface area contributed by atoms with Crippen LogP contribution in [0.3, 0.4) is 0 Å². The zero-order chi connectivity index (χ0) is 12.0. The Kier molecular flexibility index (Phi) is 6.37. The third-order valence-corrected chi connectivity index (χ3v) is 4.29. The van der Waals surface area contributed by atoms with Crippen molar-refractivity contribution in [3.8, 4) is 0 Å². The Hall–Kier alpha value is -0.0800. The number of aliphatic hydroxyl groups is 1. The molecule has 0 spiro atoms. The van der Waals surface area contributed by atoms with Crippen LogP contribution >= 0.6 is 0 Å². The van der Waals surface area contributed by atoms with Crippen molar-refractivity contribution >= 4 is 0 Å². The van der Waals surface area contributed by atoms with Crippen molar-refractivity contribution in [2.24, 2.45) is 11.8 Å². The summed E-state index contributed by atoms with van der Waals surface area (Å²) in [5, 5.41) is 9.10. The van der Waals surface area contributed by atoms with E-state index >= 15 is 0 Å². The summed E-state index contributed by atoms with van der Waals surface area (Å²) < 4.78 is 0. The van der Waals surface area contributed by atoms with Gasteiger partial charge in [-0.1, -0.05) is 39.5 Å². The second-order valence-corrected chi connectivity index (χ2v) is 5.48. The highest BCUT2D eigenvalue weighted by molar-refractivity contribution is 4.83. The fraction of sp³-hybridized carbons (Fsp3) is 1.00. The second-order valence-electron chi connectivity index (χ2n) is 5.48. The molecule has 0 bridgehead atoms. The van der Waals surface area contributed by atoms with E-state index < -0.39 is 0 Å². The molecular weight excluding hydrogens is 198 g/mol. The Bertz CT molecular complexity index is 180. The summed E-state index contributed by atoms with van der Waals surface area (Å²) in [5.74, 6) is 1.61. The molecule has 16 heavy (non-hydrogen) atoms. The van der Waals surface area contributed by atoms with Crippen molar-refractivity contribution in [3.63, 3.8) is 0 Å². The summed E-state index contributed by atoms with van der Waals surface area (Å²) in [6.07, 6.45) is 8.22. The number of rotatable bonds is 4. The first kappa shape index (κ1) is 14.0. The van der Waals surface area contributed by atoms with Crippen LogP contribution in [0.25, 0.3) is 0 Å². The van der Waals surface area contributed by atoms with Gasteiger partial charge >= 0.3 is 0 Å². The number of hydrogen-bond donors (Lipinski definition) is 1. The molecule has 2 nitrogen and oxygen atoms in total. The molecule has 3 unspecified atom stereocenters. The molecule has 1 aliphatic carbocycles.